The number of anilines is 1. The second kappa shape index (κ2) is 5.75. The second-order valence-corrected chi connectivity index (χ2v) is 6.46. The van der Waals surface area contributed by atoms with Crippen molar-refractivity contribution in [3.8, 4) is 11.8 Å². The van der Waals surface area contributed by atoms with Crippen molar-refractivity contribution < 1.29 is 0 Å². The van der Waals surface area contributed by atoms with Gasteiger partial charge in [-0.2, -0.15) is 10.2 Å². The summed E-state index contributed by atoms with van der Waals surface area (Å²) in [5.41, 5.74) is 3.99. The normalized spacial score (nSPS) is 13.6. The zero-order chi connectivity index (χ0) is 17.6. The van der Waals surface area contributed by atoms with Crippen LogP contribution in [0.1, 0.15) is 35.4 Å². The zero-order valence-electron chi connectivity index (χ0n) is 14.2. The predicted octanol–water partition coefficient (Wildman–Crippen LogP) is 3.48. The number of aryl methyl sites for hydroxylation is 1. The SMILES string of the molecule is CNc1nc(=O)n(-c2ccccc2C)c2cc(C3CC3)c(C#N)cc12. The molecule has 1 fully saturated rings. The molecule has 2 aromatic carbocycles. The number of fused-ring (bicyclic) bond motifs is 1. The molecule has 5 nitrogen and oxygen atoms in total. The number of hydrogen-bond acceptors (Lipinski definition) is 4. The Hall–Kier alpha value is -3.13. The van der Waals surface area contributed by atoms with Crippen LogP contribution in [0.2, 0.25) is 0 Å². The number of para-hydroxylation sites is 1. The summed E-state index contributed by atoms with van der Waals surface area (Å²) in [6, 6.07) is 13.9. The summed E-state index contributed by atoms with van der Waals surface area (Å²) in [6.45, 7) is 1.98. The lowest BCUT2D eigenvalue weighted by Crippen LogP contribution is -2.24. The van der Waals surface area contributed by atoms with Crippen molar-refractivity contribution in [2.45, 2.75) is 25.7 Å². The van der Waals surface area contributed by atoms with Crippen molar-refractivity contribution in [3.63, 3.8) is 0 Å². The maximum atomic E-state index is 12.8. The lowest BCUT2D eigenvalue weighted by Gasteiger charge is -2.16. The van der Waals surface area contributed by atoms with E-state index in [1.165, 1.54) is 0 Å². The van der Waals surface area contributed by atoms with Crippen molar-refractivity contribution in [2.24, 2.45) is 0 Å². The van der Waals surface area contributed by atoms with Crippen LogP contribution in [0.15, 0.2) is 41.2 Å². The van der Waals surface area contributed by atoms with Gasteiger partial charge in [-0.05, 0) is 55.0 Å². The van der Waals surface area contributed by atoms with E-state index in [1.54, 1.807) is 11.6 Å². The van der Waals surface area contributed by atoms with E-state index < -0.39 is 0 Å². The molecule has 124 valence electrons. The van der Waals surface area contributed by atoms with Crippen LogP contribution in [-0.2, 0) is 0 Å². The number of aromatic nitrogens is 2. The summed E-state index contributed by atoms with van der Waals surface area (Å²) in [4.78, 5) is 17.0. The van der Waals surface area contributed by atoms with Gasteiger partial charge in [0.15, 0.2) is 0 Å². The molecule has 3 aromatic rings. The average Bonchev–Trinajstić information content (AvgIpc) is 3.46. The summed E-state index contributed by atoms with van der Waals surface area (Å²) >= 11 is 0. The molecule has 1 N–H and O–H groups in total. The Morgan fingerprint density at radius 2 is 2.04 bits per heavy atom. The zero-order valence-corrected chi connectivity index (χ0v) is 14.2. The summed E-state index contributed by atoms with van der Waals surface area (Å²) < 4.78 is 1.65. The number of hydrogen-bond donors (Lipinski definition) is 1. The average molecular weight is 330 g/mol. The minimum atomic E-state index is -0.322. The van der Waals surface area contributed by atoms with Crippen LogP contribution in [0.25, 0.3) is 16.6 Å². The molecule has 1 aromatic heterocycles. The summed E-state index contributed by atoms with van der Waals surface area (Å²) in [7, 11) is 1.74. The highest BCUT2D eigenvalue weighted by Gasteiger charge is 2.27. The summed E-state index contributed by atoms with van der Waals surface area (Å²) in [5, 5.41) is 13.3. The Labute approximate surface area is 145 Å². The molecular weight excluding hydrogens is 312 g/mol. The molecule has 0 bridgehead atoms. The van der Waals surface area contributed by atoms with Gasteiger partial charge in [-0.15, -0.1) is 0 Å². The minimum absolute atomic E-state index is 0.322. The van der Waals surface area contributed by atoms with Gasteiger partial charge in [0.2, 0.25) is 0 Å². The maximum Gasteiger partial charge on any atom is 0.354 e. The van der Waals surface area contributed by atoms with E-state index in [4.69, 9.17) is 0 Å². The van der Waals surface area contributed by atoms with Crippen LogP contribution in [0.4, 0.5) is 5.82 Å². The summed E-state index contributed by atoms with van der Waals surface area (Å²) in [6.07, 6.45) is 2.19. The lowest BCUT2D eigenvalue weighted by atomic mass is 10.0. The minimum Gasteiger partial charge on any atom is -0.372 e. The van der Waals surface area contributed by atoms with E-state index in [2.05, 4.69) is 16.4 Å². The van der Waals surface area contributed by atoms with Crippen LogP contribution in [0.5, 0.6) is 0 Å². The molecule has 0 spiro atoms. The first-order valence-electron chi connectivity index (χ1n) is 8.38. The highest BCUT2D eigenvalue weighted by atomic mass is 16.1. The molecule has 0 saturated heterocycles. The van der Waals surface area contributed by atoms with E-state index >= 15 is 0 Å². The second-order valence-electron chi connectivity index (χ2n) is 6.46. The smallest absolute Gasteiger partial charge is 0.354 e. The van der Waals surface area contributed by atoms with Gasteiger partial charge in [0.25, 0.3) is 0 Å². The van der Waals surface area contributed by atoms with E-state index in [1.807, 2.05) is 43.3 Å². The molecule has 5 heteroatoms. The standard InChI is InChI=1S/C20H18N4O/c1-12-5-3-4-6-17(12)24-18-10-15(13-7-8-13)14(11-21)9-16(18)19(22-2)23-20(24)25/h3-6,9-10,13H,7-8H2,1-2H3,(H,22,23,25). The Morgan fingerprint density at radius 1 is 1.28 bits per heavy atom. The van der Waals surface area contributed by atoms with Crippen molar-refractivity contribution in [1.82, 2.24) is 9.55 Å². The molecule has 0 radical (unpaired) electrons. The molecule has 0 amide bonds. The number of benzene rings is 2. The van der Waals surface area contributed by atoms with Gasteiger partial charge in [-0.3, -0.25) is 4.57 Å². The molecule has 0 aliphatic heterocycles. The van der Waals surface area contributed by atoms with Crippen LogP contribution < -0.4 is 11.0 Å². The fraction of sp³-hybridized carbons (Fsp3) is 0.250. The van der Waals surface area contributed by atoms with E-state index in [0.717, 1.165) is 40.6 Å². The highest BCUT2D eigenvalue weighted by molar-refractivity contribution is 5.92. The third kappa shape index (κ3) is 2.47. The van der Waals surface area contributed by atoms with Gasteiger partial charge in [-0.25, -0.2) is 4.79 Å². The highest BCUT2D eigenvalue weighted by Crippen LogP contribution is 2.43. The van der Waals surface area contributed by atoms with E-state index in [-0.39, 0.29) is 5.69 Å². The van der Waals surface area contributed by atoms with Gasteiger partial charge in [0.05, 0.1) is 22.8 Å². The molecule has 0 unspecified atom stereocenters. The van der Waals surface area contributed by atoms with Gasteiger partial charge in [0.1, 0.15) is 5.82 Å². The van der Waals surface area contributed by atoms with Crippen LogP contribution in [-0.4, -0.2) is 16.6 Å². The van der Waals surface area contributed by atoms with Gasteiger partial charge >= 0.3 is 5.69 Å². The fourth-order valence-corrected chi connectivity index (χ4v) is 3.35. The predicted molar refractivity (Wildman–Crippen MR) is 98.3 cm³/mol. The molecule has 25 heavy (non-hydrogen) atoms. The first kappa shape index (κ1) is 15.4. The molecule has 4 rings (SSSR count). The van der Waals surface area contributed by atoms with Crippen molar-refractivity contribution >= 4 is 16.7 Å². The Kier molecular flexibility index (Phi) is 3.54. The molecule has 1 saturated carbocycles. The van der Waals surface area contributed by atoms with Crippen molar-refractivity contribution in [2.75, 3.05) is 12.4 Å². The van der Waals surface area contributed by atoms with Gasteiger partial charge in [0, 0.05) is 12.4 Å². The maximum absolute atomic E-state index is 12.8. The third-order valence-electron chi connectivity index (χ3n) is 4.79. The number of rotatable bonds is 3. The monoisotopic (exact) mass is 330 g/mol. The largest absolute Gasteiger partial charge is 0.372 e. The molecule has 1 aliphatic carbocycles. The third-order valence-corrected chi connectivity index (χ3v) is 4.79. The number of nitrogens with one attached hydrogen (secondary N) is 1. The van der Waals surface area contributed by atoms with E-state index in [0.29, 0.717) is 17.3 Å². The van der Waals surface area contributed by atoms with Crippen molar-refractivity contribution in [3.05, 3.63) is 63.6 Å². The molecule has 1 heterocycles. The Bertz CT molecular complexity index is 1090. The van der Waals surface area contributed by atoms with E-state index in [9.17, 15) is 10.1 Å². The quantitative estimate of drug-likeness (QED) is 0.798. The van der Waals surface area contributed by atoms with Crippen LogP contribution in [0, 0.1) is 18.3 Å². The first-order valence-corrected chi connectivity index (χ1v) is 8.38. The topological polar surface area (TPSA) is 70.7 Å². The van der Waals surface area contributed by atoms with Crippen LogP contribution in [0.3, 0.4) is 0 Å². The Morgan fingerprint density at radius 3 is 2.68 bits per heavy atom. The number of nitriles is 1. The fourth-order valence-electron chi connectivity index (χ4n) is 3.35. The van der Waals surface area contributed by atoms with Crippen molar-refractivity contribution in [1.29, 1.82) is 5.26 Å². The van der Waals surface area contributed by atoms with Gasteiger partial charge in [-0.1, -0.05) is 18.2 Å². The van der Waals surface area contributed by atoms with Crippen LogP contribution >= 0.6 is 0 Å². The molecule has 0 atom stereocenters. The molecule has 1 aliphatic rings. The number of nitrogens with zero attached hydrogens (tertiary/aromatic N) is 3. The Balaban J connectivity index is 2.14. The molecular formula is C20H18N4O. The first-order chi connectivity index (χ1) is 12.1. The van der Waals surface area contributed by atoms with Gasteiger partial charge < -0.3 is 5.32 Å². The lowest BCUT2D eigenvalue weighted by molar-refractivity contribution is 0.949. The summed E-state index contributed by atoms with van der Waals surface area (Å²) in [5.74, 6) is 0.925.